The quantitative estimate of drug-likeness (QED) is 0.672. The predicted octanol–water partition coefficient (Wildman–Crippen LogP) is 4.87. The molecule has 3 nitrogen and oxygen atoms in total. The van der Waals surface area contributed by atoms with E-state index in [0.717, 1.165) is 34.6 Å². The summed E-state index contributed by atoms with van der Waals surface area (Å²) in [6, 6.07) is 15.4. The second-order valence-electron chi connectivity index (χ2n) is 6.31. The third-order valence-corrected chi connectivity index (χ3v) is 4.85. The van der Waals surface area contributed by atoms with Crippen molar-refractivity contribution < 1.29 is 14.9 Å². The van der Waals surface area contributed by atoms with Gasteiger partial charge in [-0.15, -0.1) is 0 Å². The van der Waals surface area contributed by atoms with Crippen LogP contribution in [0.25, 0.3) is 10.8 Å². The second kappa shape index (κ2) is 6.17. The van der Waals surface area contributed by atoms with Crippen LogP contribution >= 0.6 is 0 Å². The maximum atomic E-state index is 10.7. The van der Waals surface area contributed by atoms with Crippen molar-refractivity contribution in [2.24, 2.45) is 0 Å². The molecule has 0 saturated carbocycles. The van der Waals surface area contributed by atoms with Crippen LogP contribution in [0.15, 0.2) is 60.4 Å². The first-order valence-electron chi connectivity index (χ1n) is 8.58. The first kappa shape index (κ1) is 15.6. The van der Waals surface area contributed by atoms with E-state index in [4.69, 9.17) is 4.74 Å². The number of ether oxygens (including phenoxy) is 1. The van der Waals surface area contributed by atoms with Gasteiger partial charge in [0.15, 0.2) is 0 Å². The van der Waals surface area contributed by atoms with Crippen molar-refractivity contribution in [3.63, 3.8) is 0 Å². The van der Waals surface area contributed by atoms with E-state index in [1.165, 1.54) is 0 Å². The highest BCUT2D eigenvalue weighted by Crippen LogP contribution is 2.42. The summed E-state index contributed by atoms with van der Waals surface area (Å²) in [7, 11) is 0. The highest BCUT2D eigenvalue weighted by atomic mass is 16.5. The molecule has 0 heterocycles. The molecule has 3 aromatic rings. The second-order valence-corrected chi connectivity index (χ2v) is 6.31. The molecule has 1 aliphatic carbocycles. The van der Waals surface area contributed by atoms with Crippen LogP contribution in [0.2, 0.25) is 0 Å². The van der Waals surface area contributed by atoms with Crippen LogP contribution in [0, 0.1) is 0 Å². The minimum Gasteiger partial charge on any atom is -0.507 e. The highest BCUT2D eigenvalue weighted by molar-refractivity contribution is 5.95. The topological polar surface area (TPSA) is 49.7 Å². The van der Waals surface area contributed by atoms with Gasteiger partial charge in [0.05, 0.1) is 0 Å². The SMILES string of the molecule is CCc1ccccc1OC1=CCc2c(c(O)c3ccccc3c2O)C1. The molecule has 0 aromatic heterocycles. The van der Waals surface area contributed by atoms with Gasteiger partial charge in [-0.2, -0.15) is 0 Å². The molecule has 0 atom stereocenters. The van der Waals surface area contributed by atoms with Gasteiger partial charge in [-0.1, -0.05) is 49.4 Å². The number of para-hydroxylation sites is 1. The number of hydrogen-bond donors (Lipinski definition) is 2. The summed E-state index contributed by atoms with van der Waals surface area (Å²) in [5.74, 6) is 2.15. The first-order chi connectivity index (χ1) is 12.2. The van der Waals surface area contributed by atoms with Crippen molar-refractivity contribution in [3.05, 3.63) is 77.1 Å². The molecule has 3 aromatic carbocycles. The summed E-state index contributed by atoms with van der Waals surface area (Å²) in [5.41, 5.74) is 2.69. The number of rotatable bonds is 3. The van der Waals surface area contributed by atoms with Crippen LogP contribution in [0.5, 0.6) is 17.2 Å². The lowest BCUT2D eigenvalue weighted by Gasteiger charge is -2.22. The third-order valence-electron chi connectivity index (χ3n) is 4.85. The Morgan fingerprint density at radius 1 is 0.880 bits per heavy atom. The molecule has 4 rings (SSSR count). The monoisotopic (exact) mass is 332 g/mol. The zero-order valence-electron chi connectivity index (χ0n) is 14.1. The zero-order chi connectivity index (χ0) is 17.4. The molecule has 2 N–H and O–H groups in total. The first-order valence-corrected chi connectivity index (χ1v) is 8.58. The number of phenols is 2. The van der Waals surface area contributed by atoms with E-state index >= 15 is 0 Å². The van der Waals surface area contributed by atoms with Crippen LogP contribution in [0.1, 0.15) is 23.6 Å². The Hall–Kier alpha value is -2.94. The molecular formula is C22H20O3. The molecule has 0 spiro atoms. The summed E-state index contributed by atoms with van der Waals surface area (Å²) < 4.78 is 6.11. The number of benzene rings is 3. The van der Waals surface area contributed by atoms with E-state index in [1.807, 2.05) is 48.5 Å². The molecule has 126 valence electrons. The fourth-order valence-corrected chi connectivity index (χ4v) is 3.49. The van der Waals surface area contributed by atoms with E-state index in [9.17, 15) is 10.2 Å². The number of aromatic hydroxyl groups is 2. The molecule has 0 amide bonds. The number of fused-ring (bicyclic) bond motifs is 2. The lowest BCUT2D eigenvalue weighted by molar-refractivity contribution is 0.396. The maximum absolute atomic E-state index is 10.7. The molecule has 0 unspecified atom stereocenters. The van der Waals surface area contributed by atoms with Crippen molar-refractivity contribution in [1.29, 1.82) is 0 Å². The number of allylic oxidation sites excluding steroid dienone is 2. The standard InChI is InChI=1S/C22H20O3/c1-2-14-7-3-6-10-20(14)25-15-11-12-18-19(13-15)22(24)17-9-5-4-8-16(17)21(18)23/h3-11,23-24H,2,12-13H2,1H3. The van der Waals surface area contributed by atoms with Crippen molar-refractivity contribution in [2.75, 3.05) is 0 Å². The molecule has 0 fully saturated rings. The van der Waals surface area contributed by atoms with Gasteiger partial charge in [0.1, 0.15) is 23.0 Å². The number of phenolic OH excluding ortho intramolecular Hbond substituents is 2. The fraction of sp³-hybridized carbons (Fsp3) is 0.182. The molecule has 1 aliphatic rings. The highest BCUT2D eigenvalue weighted by Gasteiger charge is 2.23. The Labute approximate surface area is 146 Å². The van der Waals surface area contributed by atoms with Crippen LogP contribution in [-0.4, -0.2) is 10.2 Å². The molecule has 0 radical (unpaired) electrons. The average Bonchev–Trinajstić information content (AvgIpc) is 2.66. The molecular weight excluding hydrogens is 312 g/mol. The van der Waals surface area contributed by atoms with E-state index in [2.05, 4.69) is 13.0 Å². The smallest absolute Gasteiger partial charge is 0.130 e. The Balaban J connectivity index is 1.73. The lowest BCUT2D eigenvalue weighted by atomic mass is 9.90. The van der Waals surface area contributed by atoms with Crippen molar-refractivity contribution in [3.8, 4) is 17.2 Å². The summed E-state index contributed by atoms with van der Waals surface area (Å²) in [6.45, 7) is 2.10. The van der Waals surface area contributed by atoms with Gasteiger partial charge in [-0.05, 0) is 30.5 Å². The van der Waals surface area contributed by atoms with Crippen LogP contribution in [0.4, 0.5) is 0 Å². The van der Waals surface area contributed by atoms with Crippen LogP contribution < -0.4 is 4.74 Å². The minimum absolute atomic E-state index is 0.237. The van der Waals surface area contributed by atoms with Crippen molar-refractivity contribution in [2.45, 2.75) is 26.2 Å². The van der Waals surface area contributed by atoms with Gasteiger partial charge in [0, 0.05) is 28.3 Å². The maximum Gasteiger partial charge on any atom is 0.130 e. The average molecular weight is 332 g/mol. The third kappa shape index (κ3) is 2.62. The van der Waals surface area contributed by atoms with Gasteiger partial charge < -0.3 is 14.9 Å². The lowest BCUT2D eigenvalue weighted by Crippen LogP contribution is -2.09. The van der Waals surface area contributed by atoms with Gasteiger partial charge >= 0.3 is 0 Å². The number of aryl methyl sites for hydroxylation is 1. The zero-order valence-corrected chi connectivity index (χ0v) is 14.1. The predicted molar refractivity (Wildman–Crippen MR) is 99.2 cm³/mol. The van der Waals surface area contributed by atoms with Gasteiger partial charge in [-0.3, -0.25) is 0 Å². The summed E-state index contributed by atoms with van der Waals surface area (Å²) in [4.78, 5) is 0. The summed E-state index contributed by atoms with van der Waals surface area (Å²) in [5, 5.41) is 22.7. The summed E-state index contributed by atoms with van der Waals surface area (Å²) in [6.07, 6.45) is 3.90. The molecule has 0 bridgehead atoms. The van der Waals surface area contributed by atoms with Gasteiger partial charge in [-0.25, -0.2) is 0 Å². The Morgan fingerprint density at radius 2 is 1.52 bits per heavy atom. The Bertz CT molecular complexity index is 986. The van der Waals surface area contributed by atoms with E-state index in [-0.39, 0.29) is 11.5 Å². The van der Waals surface area contributed by atoms with Crippen LogP contribution in [0.3, 0.4) is 0 Å². The van der Waals surface area contributed by atoms with E-state index in [1.54, 1.807) is 0 Å². The molecule has 0 aliphatic heterocycles. The van der Waals surface area contributed by atoms with Crippen LogP contribution in [-0.2, 0) is 19.3 Å². The molecule has 0 saturated heterocycles. The van der Waals surface area contributed by atoms with Gasteiger partial charge in [0.25, 0.3) is 0 Å². The number of hydrogen-bond acceptors (Lipinski definition) is 3. The normalized spacial score (nSPS) is 13.4. The van der Waals surface area contributed by atoms with E-state index in [0.29, 0.717) is 23.6 Å². The van der Waals surface area contributed by atoms with Crippen molar-refractivity contribution >= 4 is 10.8 Å². The van der Waals surface area contributed by atoms with Gasteiger partial charge in [0.2, 0.25) is 0 Å². The fourth-order valence-electron chi connectivity index (χ4n) is 3.49. The largest absolute Gasteiger partial charge is 0.507 e. The Morgan fingerprint density at radius 3 is 2.24 bits per heavy atom. The molecule has 3 heteroatoms. The van der Waals surface area contributed by atoms with Crippen molar-refractivity contribution in [1.82, 2.24) is 0 Å². The Kier molecular flexibility index (Phi) is 3.85. The van der Waals surface area contributed by atoms with E-state index < -0.39 is 0 Å². The minimum atomic E-state index is 0.237. The molecule has 25 heavy (non-hydrogen) atoms. The summed E-state index contributed by atoms with van der Waals surface area (Å²) >= 11 is 0.